The largest absolute Gasteiger partial charge is 0.486 e. The molecule has 0 spiro atoms. The lowest BCUT2D eigenvalue weighted by Crippen LogP contribution is -2.39. The van der Waals surface area contributed by atoms with Crippen LogP contribution in [-0.2, 0) is 22.6 Å². The Hall–Kier alpha value is -2.77. The van der Waals surface area contributed by atoms with E-state index in [9.17, 15) is 14.3 Å². The molecule has 150 valence electrons. The molecule has 1 aromatic carbocycles. The molecule has 2 aromatic rings. The number of pyridine rings is 1. The molecule has 1 aromatic heterocycles. The monoisotopic (exact) mass is 395 g/mol. The molecule has 29 heavy (non-hydrogen) atoms. The number of ether oxygens (including phenoxy) is 1. The number of aliphatic hydroxyl groups is 1. The number of carbonyl (C=O) groups is 1. The summed E-state index contributed by atoms with van der Waals surface area (Å²) in [4.78, 5) is 19.5. The fourth-order valence-corrected chi connectivity index (χ4v) is 4.30. The third kappa shape index (κ3) is 3.41. The topological polar surface area (TPSA) is 74.7 Å². The minimum atomic E-state index is -0.395. The van der Waals surface area contributed by atoms with Crippen LogP contribution < -0.4 is 5.32 Å². The second-order valence-corrected chi connectivity index (χ2v) is 7.78. The number of anilines is 1. The maximum Gasteiger partial charge on any atom is 0.260 e. The highest BCUT2D eigenvalue weighted by Gasteiger charge is 2.33. The van der Waals surface area contributed by atoms with E-state index in [4.69, 9.17) is 9.72 Å². The quantitative estimate of drug-likeness (QED) is 0.782. The third-order valence-electron chi connectivity index (χ3n) is 5.75. The van der Waals surface area contributed by atoms with Crippen molar-refractivity contribution in [2.45, 2.75) is 32.0 Å². The molecule has 1 saturated heterocycles. The Morgan fingerprint density at radius 3 is 3.03 bits per heavy atom. The van der Waals surface area contributed by atoms with Gasteiger partial charge in [-0.05, 0) is 49.7 Å². The van der Waals surface area contributed by atoms with Gasteiger partial charge in [0.05, 0.1) is 17.4 Å². The molecule has 3 aliphatic rings. The summed E-state index contributed by atoms with van der Waals surface area (Å²) in [5, 5.41) is 12.6. The first kappa shape index (κ1) is 18.3. The number of rotatable bonds is 3. The van der Waals surface area contributed by atoms with Crippen molar-refractivity contribution in [2.24, 2.45) is 0 Å². The molecule has 0 bridgehead atoms. The minimum Gasteiger partial charge on any atom is -0.486 e. The molecule has 1 atom stereocenters. The number of piperidine rings is 1. The van der Waals surface area contributed by atoms with E-state index in [2.05, 4.69) is 10.2 Å². The van der Waals surface area contributed by atoms with Crippen LogP contribution in [0.25, 0.3) is 11.3 Å². The van der Waals surface area contributed by atoms with Crippen LogP contribution in [0.3, 0.4) is 0 Å². The lowest BCUT2D eigenvalue weighted by atomic mass is 10.0. The van der Waals surface area contributed by atoms with Gasteiger partial charge in [0.1, 0.15) is 18.2 Å². The van der Waals surface area contributed by atoms with Crippen LogP contribution in [0.1, 0.15) is 35.4 Å². The molecule has 0 aliphatic carbocycles. The van der Waals surface area contributed by atoms with Crippen LogP contribution in [0.5, 0.6) is 0 Å². The fourth-order valence-electron chi connectivity index (χ4n) is 4.30. The lowest BCUT2D eigenvalue weighted by molar-refractivity contribution is -0.110. The Kier molecular flexibility index (Phi) is 4.56. The van der Waals surface area contributed by atoms with Crippen molar-refractivity contribution >= 4 is 22.9 Å². The molecule has 2 N–H and O–H groups in total. The van der Waals surface area contributed by atoms with Gasteiger partial charge in [0.15, 0.2) is 0 Å². The van der Waals surface area contributed by atoms with Gasteiger partial charge < -0.3 is 20.1 Å². The Bertz CT molecular complexity index is 1020. The number of fused-ring (bicyclic) bond motifs is 2. The zero-order valence-corrected chi connectivity index (χ0v) is 15.9. The number of likely N-dealkylation sites (tertiary alicyclic amines) is 1. The summed E-state index contributed by atoms with van der Waals surface area (Å²) < 4.78 is 19.6. The molecule has 5 rings (SSSR count). The number of benzene rings is 1. The molecule has 4 heterocycles. The van der Waals surface area contributed by atoms with Gasteiger partial charge in [0.25, 0.3) is 5.91 Å². The zero-order chi connectivity index (χ0) is 20.0. The van der Waals surface area contributed by atoms with Crippen LogP contribution in [0.4, 0.5) is 10.1 Å². The highest BCUT2D eigenvalue weighted by molar-refractivity contribution is 6.36. The van der Waals surface area contributed by atoms with Gasteiger partial charge in [-0.15, -0.1) is 0 Å². The smallest absolute Gasteiger partial charge is 0.260 e. The van der Waals surface area contributed by atoms with E-state index in [1.165, 1.54) is 12.1 Å². The second kappa shape index (κ2) is 7.24. The van der Waals surface area contributed by atoms with Gasteiger partial charge in [-0.2, -0.15) is 0 Å². The van der Waals surface area contributed by atoms with E-state index < -0.39 is 5.82 Å². The number of nitrogens with one attached hydrogen (secondary N) is 1. The van der Waals surface area contributed by atoms with Crippen molar-refractivity contribution in [1.29, 1.82) is 0 Å². The van der Waals surface area contributed by atoms with E-state index in [0.29, 0.717) is 29.2 Å². The Labute approximate surface area is 168 Å². The summed E-state index contributed by atoms with van der Waals surface area (Å²) in [6.45, 7) is 2.87. The Morgan fingerprint density at radius 2 is 2.17 bits per heavy atom. The average Bonchev–Trinajstić information content (AvgIpc) is 3.25. The molecule has 6 nitrogen and oxygen atoms in total. The predicted octanol–water partition coefficient (Wildman–Crippen LogP) is 2.57. The van der Waals surface area contributed by atoms with Gasteiger partial charge in [0.2, 0.25) is 0 Å². The second-order valence-electron chi connectivity index (χ2n) is 7.78. The summed E-state index contributed by atoms with van der Waals surface area (Å²) in [5.74, 6) is -0.228. The van der Waals surface area contributed by atoms with Crippen LogP contribution in [0.15, 0.2) is 30.3 Å². The summed E-state index contributed by atoms with van der Waals surface area (Å²) in [6.07, 6.45) is 2.46. The summed E-state index contributed by atoms with van der Waals surface area (Å²) in [7, 11) is 0. The van der Waals surface area contributed by atoms with Crippen molar-refractivity contribution in [2.75, 3.05) is 25.0 Å². The molecule has 0 radical (unpaired) electrons. The van der Waals surface area contributed by atoms with Crippen LogP contribution >= 0.6 is 0 Å². The first-order valence-electron chi connectivity index (χ1n) is 9.96. The van der Waals surface area contributed by atoms with E-state index in [1.54, 1.807) is 6.07 Å². The molecule has 3 aliphatic heterocycles. The predicted molar refractivity (Wildman–Crippen MR) is 106 cm³/mol. The van der Waals surface area contributed by atoms with Crippen molar-refractivity contribution in [3.63, 3.8) is 0 Å². The minimum absolute atomic E-state index is 0.232. The molecule has 1 unspecified atom stereocenters. The molecule has 7 heteroatoms. The van der Waals surface area contributed by atoms with E-state index >= 15 is 0 Å². The first-order valence-corrected chi connectivity index (χ1v) is 9.96. The van der Waals surface area contributed by atoms with Crippen LogP contribution in [-0.4, -0.2) is 46.6 Å². The van der Waals surface area contributed by atoms with Gasteiger partial charge in [0, 0.05) is 42.0 Å². The van der Waals surface area contributed by atoms with E-state index in [-0.39, 0.29) is 12.0 Å². The summed E-state index contributed by atoms with van der Waals surface area (Å²) in [6, 6.07) is 8.12. The van der Waals surface area contributed by atoms with Crippen LogP contribution in [0.2, 0.25) is 0 Å². The first-order chi connectivity index (χ1) is 14.1. The zero-order valence-electron chi connectivity index (χ0n) is 15.9. The molecule has 0 saturated carbocycles. The maximum atomic E-state index is 13.7. The fraction of sp³-hybridized carbons (Fsp3) is 0.364. The Morgan fingerprint density at radius 1 is 1.28 bits per heavy atom. The number of hydrogen-bond acceptors (Lipinski definition) is 5. The number of aliphatic hydroxyl groups excluding tert-OH is 1. The third-order valence-corrected chi connectivity index (χ3v) is 5.75. The average molecular weight is 395 g/mol. The standard InChI is InChI=1S/C22H22FN3O3/c23-13-3-6-18-17(10-13)20(22(28)25-18)21-16-5-4-14(24-19(16)12-29-21)7-9-26-8-1-2-15(27)11-26/h3-6,10,15,27H,1-2,7-9,11-12H2,(H,25,28). The normalized spacial score (nSPS) is 23.5. The number of carbonyl (C=O) groups excluding carboxylic acids is 1. The van der Waals surface area contributed by atoms with Crippen molar-refractivity contribution < 1.29 is 19.0 Å². The van der Waals surface area contributed by atoms with Crippen molar-refractivity contribution in [1.82, 2.24) is 9.88 Å². The maximum absolute atomic E-state index is 13.7. The number of aromatic nitrogens is 1. The number of hydrogen-bond donors (Lipinski definition) is 2. The van der Waals surface area contributed by atoms with Crippen molar-refractivity contribution in [3.8, 4) is 0 Å². The highest BCUT2D eigenvalue weighted by atomic mass is 19.1. The van der Waals surface area contributed by atoms with Crippen molar-refractivity contribution in [3.05, 3.63) is 58.7 Å². The van der Waals surface area contributed by atoms with Gasteiger partial charge in [-0.25, -0.2) is 4.39 Å². The lowest BCUT2D eigenvalue weighted by Gasteiger charge is -2.29. The number of amides is 1. The molecule has 1 amide bonds. The molecular formula is C22H22FN3O3. The van der Waals surface area contributed by atoms with E-state index in [1.807, 2.05) is 12.1 Å². The van der Waals surface area contributed by atoms with Gasteiger partial charge in [-0.1, -0.05) is 0 Å². The van der Waals surface area contributed by atoms with Gasteiger partial charge in [-0.3, -0.25) is 9.78 Å². The number of halogens is 1. The SMILES string of the molecule is O=C1Nc2ccc(F)cc2C1=C1OCc2nc(CCN3CCCC(O)C3)ccc21. The Balaban J connectivity index is 1.40. The highest BCUT2D eigenvalue weighted by Crippen LogP contribution is 2.41. The number of β-amino-alcohol motifs (C(OH)–C–C–N with tert-alkyl or cyclic N) is 1. The summed E-state index contributed by atoms with van der Waals surface area (Å²) >= 11 is 0. The van der Waals surface area contributed by atoms with Gasteiger partial charge >= 0.3 is 0 Å². The molecule has 1 fully saturated rings. The number of nitrogens with zero attached hydrogens (tertiary/aromatic N) is 2. The van der Waals surface area contributed by atoms with E-state index in [0.717, 1.165) is 55.8 Å². The van der Waals surface area contributed by atoms with Crippen LogP contribution in [0, 0.1) is 5.82 Å². The molecular weight excluding hydrogens is 373 g/mol. The summed E-state index contributed by atoms with van der Waals surface area (Å²) in [5.41, 5.74) is 4.00.